The van der Waals surface area contributed by atoms with E-state index in [1.54, 1.807) is 6.92 Å². The molecule has 0 bridgehead atoms. The quantitative estimate of drug-likeness (QED) is 0.761. The second-order valence-corrected chi connectivity index (χ2v) is 3.38. The fraction of sp³-hybridized carbons (Fsp3) is 0.455. The first kappa shape index (κ1) is 10.2. The number of nitrogens with two attached hydrogens (primary N) is 1. The monoisotopic (exact) mass is 181 g/mol. The van der Waals surface area contributed by atoms with E-state index in [2.05, 4.69) is 0 Å². The van der Waals surface area contributed by atoms with Crippen molar-refractivity contribution in [1.82, 2.24) is 0 Å². The Balaban J connectivity index is 2.96. The molecule has 13 heavy (non-hydrogen) atoms. The van der Waals surface area contributed by atoms with Crippen molar-refractivity contribution in [1.29, 1.82) is 0 Å². The molecule has 2 heteroatoms. The highest BCUT2D eigenvalue weighted by molar-refractivity contribution is 5.32. The SMILES string of the molecule is Cc1ccc(C)c(CCCN)c1F. The summed E-state index contributed by atoms with van der Waals surface area (Å²) in [5, 5.41) is 0. The molecule has 0 radical (unpaired) electrons. The molecule has 0 unspecified atom stereocenters. The van der Waals surface area contributed by atoms with Crippen LogP contribution in [0.25, 0.3) is 0 Å². The van der Waals surface area contributed by atoms with E-state index < -0.39 is 0 Å². The molecule has 1 nitrogen and oxygen atoms in total. The molecule has 0 aliphatic carbocycles. The Labute approximate surface area is 78.8 Å². The summed E-state index contributed by atoms with van der Waals surface area (Å²) in [6.45, 7) is 4.35. The highest BCUT2D eigenvalue weighted by Crippen LogP contribution is 2.17. The standard InChI is InChI=1S/C11H16FN/c1-8-5-6-9(2)11(12)10(8)4-3-7-13/h5-6H,3-4,7,13H2,1-2H3. The molecule has 0 heterocycles. The predicted octanol–water partition coefficient (Wildman–Crippen LogP) is 2.33. The lowest BCUT2D eigenvalue weighted by Crippen LogP contribution is -2.04. The number of aryl methyl sites for hydroxylation is 2. The summed E-state index contributed by atoms with van der Waals surface area (Å²) in [5.74, 6) is -0.0616. The molecule has 0 aliphatic rings. The normalized spacial score (nSPS) is 10.5. The first-order valence-corrected chi connectivity index (χ1v) is 4.61. The summed E-state index contributed by atoms with van der Waals surface area (Å²) < 4.78 is 13.5. The van der Waals surface area contributed by atoms with Crippen LogP contribution >= 0.6 is 0 Å². The van der Waals surface area contributed by atoms with Gasteiger partial charge in [-0.2, -0.15) is 0 Å². The Bertz CT molecular complexity index is 294. The van der Waals surface area contributed by atoms with Gasteiger partial charge in [-0.1, -0.05) is 12.1 Å². The van der Waals surface area contributed by atoms with E-state index in [-0.39, 0.29) is 5.82 Å². The zero-order chi connectivity index (χ0) is 9.84. The maximum absolute atomic E-state index is 13.5. The van der Waals surface area contributed by atoms with Crippen molar-refractivity contribution in [2.75, 3.05) is 6.54 Å². The van der Waals surface area contributed by atoms with Crippen LogP contribution < -0.4 is 5.73 Å². The van der Waals surface area contributed by atoms with Crippen LogP contribution in [0, 0.1) is 19.7 Å². The van der Waals surface area contributed by atoms with E-state index in [0.717, 1.165) is 29.5 Å². The van der Waals surface area contributed by atoms with Gasteiger partial charge < -0.3 is 5.73 Å². The van der Waals surface area contributed by atoms with Gasteiger partial charge in [0.2, 0.25) is 0 Å². The lowest BCUT2D eigenvalue weighted by molar-refractivity contribution is 0.594. The Kier molecular flexibility index (Phi) is 3.43. The summed E-state index contributed by atoms with van der Waals surface area (Å²) in [4.78, 5) is 0. The zero-order valence-corrected chi connectivity index (χ0v) is 8.23. The van der Waals surface area contributed by atoms with Crippen molar-refractivity contribution in [3.63, 3.8) is 0 Å². The Morgan fingerprint density at radius 1 is 1.23 bits per heavy atom. The van der Waals surface area contributed by atoms with Gasteiger partial charge in [-0.3, -0.25) is 0 Å². The molecule has 0 atom stereocenters. The number of benzene rings is 1. The number of hydrogen-bond donors (Lipinski definition) is 1. The molecule has 2 N–H and O–H groups in total. The summed E-state index contributed by atoms with van der Waals surface area (Å²) in [6, 6.07) is 3.78. The maximum Gasteiger partial charge on any atom is 0.129 e. The largest absolute Gasteiger partial charge is 0.330 e. The van der Waals surface area contributed by atoms with Gasteiger partial charge in [0, 0.05) is 0 Å². The van der Waals surface area contributed by atoms with Gasteiger partial charge in [-0.15, -0.1) is 0 Å². The lowest BCUT2D eigenvalue weighted by Gasteiger charge is -2.08. The smallest absolute Gasteiger partial charge is 0.129 e. The van der Waals surface area contributed by atoms with E-state index in [4.69, 9.17) is 5.73 Å². The van der Waals surface area contributed by atoms with Crippen LogP contribution in [0.15, 0.2) is 12.1 Å². The number of rotatable bonds is 3. The zero-order valence-electron chi connectivity index (χ0n) is 8.23. The van der Waals surface area contributed by atoms with Gasteiger partial charge in [-0.05, 0) is 49.9 Å². The number of halogens is 1. The molecule has 0 amide bonds. The molecule has 0 saturated carbocycles. The van der Waals surface area contributed by atoms with Crippen molar-refractivity contribution >= 4 is 0 Å². The van der Waals surface area contributed by atoms with E-state index in [1.165, 1.54) is 0 Å². The van der Waals surface area contributed by atoms with Crippen molar-refractivity contribution in [3.8, 4) is 0 Å². The first-order chi connectivity index (χ1) is 6.16. The molecule has 1 rings (SSSR count). The molecular weight excluding hydrogens is 165 g/mol. The molecule has 1 aromatic rings. The average molecular weight is 181 g/mol. The second-order valence-electron chi connectivity index (χ2n) is 3.38. The van der Waals surface area contributed by atoms with Crippen molar-refractivity contribution in [2.45, 2.75) is 26.7 Å². The first-order valence-electron chi connectivity index (χ1n) is 4.61. The minimum absolute atomic E-state index is 0.0616. The summed E-state index contributed by atoms with van der Waals surface area (Å²) >= 11 is 0. The van der Waals surface area contributed by atoms with Crippen LogP contribution in [-0.2, 0) is 6.42 Å². The van der Waals surface area contributed by atoms with Gasteiger partial charge in [0.15, 0.2) is 0 Å². The minimum Gasteiger partial charge on any atom is -0.330 e. The van der Waals surface area contributed by atoms with Crippen LogP contribution in [0.1, 0.15) is 23.1 Å². The Hall–Kier alpha value is -0.890. The summed E-state index contributed by atoms with van der Waals surface area (Å²) in [7, 11) is 0. The van der Waals surface area contributed by atoms with Crippen LogP contribution in [0.3, 0.4) is 0 Å². The third-order valence-electron chi connectivity index (χ3n) is 2.30. The molecule has 0 aliphatic heterocycles. The fourth-order valence-corrected chi connectivity index (χ4v) is 1.42. The van der Waals surface area contributed by atoms with E-state index in [0.29, 0.717) is 6.54 Å². The maximum atomic E-state index is 13.5. The summed E-state index contributed by atoms with van der Waals surface area (Å²) in [5.41, 5.74) is 7.96. The fourth-order valence-electron chi connectivity index (χ4n) is 1.42. The molecule has 0 spiro atoms. The van der Waals surface area contributed by atoms with E-state index in [1.807, 2.05) is 19.1 Å². The average Bonchev–Trinajstić information content (AvgIpc) is 2.12. The molecule has 72 valence electrons. The van der Waals surface area contributed by atoms with Gasteiger partial charge in [-0.25, -0.2) is 4.39 Å². The van der Waals surface area contributed by atoms with Crippen LogP contribution in [0.2, 0.25) is 0 Å². The Morgan fingerprint density at radius 3 is 2.46 bits per heavy atom. The highest BCUT2D eigenvalue weighted by atomic mass is 19.1. The van der Waals surface area contributed by atoms with Crippen LogP contribution in [0.4, 0.5) is 4.39 Å². The van der Waals surface area contributed by atoms with Crippen molar-refractivity contribution in [2.24, 2.45) is 5.73 Å². The van der Waals surface area contributed by atoms with Gasteiger partial charge in [0.05, 0.1) is 0 Å². The van der Waals surface area contributed by atoms with Crippen molar-refractivity contribution in [3.05, 3.63) is 34.6 Å². The third-order valence-corrected chi connectivity index (χ3v) is 2.30. The van der Waals surface area contributed by atoms with Gasteiger partial charge >= 0.3 is 0 Å². The van der Waals surface area contributed by atoms with Crippen LogP contribution in [-0.4, -0.2) is 6.54 Å². The van der Waals surface area contributed by atoms with E-state index >= 15 is 0 Å². The second kappa shape index (κ2) is 4.38. The lowest BCUT2D eigenvalue weighted by atomic mass is 10.0. The third kappa shape index (κ3) is 2.28. The topological polar surface area (TPSA) is 26.0 Å². The van der Waals surface area contributed by atoms with Gasteiger partial charge in [0.25, 0.3) is 0 Å². The van der Waals surface area contributed by atoms with Crippen molar-refractivity contribution < 1.29 is 4.39 Å². The van der Waals surface area contributed by atoms with E-state index in [9.17, 15) is 4.39 Å². The molecular formula is C11H16FN. The number of hydrogen-bond acceptors (Lipinski definition) is 1. The molecule has 0 saturated heterocycles. The van der Waals surface area contributed by atoms with Crippen LogP contribution in [0.5, 0.6) is 0 Å². The highest BCUT2D eigenvalue weighted by Gasteiger charge is 2.07. The summed E-state index contributed by atoms with van der Waals surface area (Å²) in [6.07, 6.45) is 1.59. The predicted molar refractivity (Wildman–Crippen MR) is 53.2 cm³/mol. The molecule has 0 fully saturated rings. The Morgan fingerprint density at radius 2 is 1.85 bits per heavy atom. The van der Waals surface area contributed by atoms with Gasteiger partial charge in [0.1, 0.15) is 5.82 Å². The molecule has 1 aromatic carbocycles. The molecule has 0 aromatic heterocycles. The minimum atomic E-state index is -0.0616.